The molecule has 0 aliphatic carbocycles. The fourth-order valence-corrected chi connectivity index (χ4v) is 1.25. The third-order valence-corrected chi connectivity index (χ3v) is 2.12. The maximum absolute atomic E-state index is 5.45. The highest BCUT2D eigenvalue weighted by Crippen LogP contribution is 2.11. The number of methoxy groups -OCH3 is 1. The second-order valence-electron chi connectivity index (χ2n) is 3.24. The van der Waals surface area contributed by atoms with Gasteiger partial charge >= 0.3 is 0 Å². The summed E-state index contributed by atoms with van der Waals surface area (Å²) in [5.74, 6) is 5.45. The zero-order valence-electron chi connectivity index (χ0n) is 9.43. The number of hydrazine groups is 1. The van der Waals surface area contributed by atoms with Crippen LogP contribution in [0.25, 0.3) is 0 Å². The van der Waals surface area contributed by atoms with Crippen molar-refractivity contribution in [3.8, 4) is 0 Å². The van der Waals surface area contributed by atoms with Crippen LogP contribution in [0.4, 0.5) is 0 Å². The number of ether oxygens (including phenoxy) is 2. The molecule has 0 bridgehead atoms. The number of nitrogens with two attached hydrogens (primary N) is 1. The summed E-state index contributed by atoms with van der Waals surface area (Å²) in [4.78, 5) is 8.17. The molecule has 0 radical (unpaired) electrons. The van der Waals surface area contributed by atoms with Crippen LogP contribution in [-0.4, -0.2) is 36.9 Å². The van der Waals surface area contributed by atoms with E-state index < -0.39 is 0 Å². The van der Waals surface area contributed by atoms with Gasteiger partial charge in [0.2, 0.25) is 0 Å². The van der Waals surface area contributed by atoms with Gasteiger partial charge in [-0.2, -0.15) is 0 Å². The van der Waals surface area contributed by atoms with Crippen LogP contribution in [0.5, 0.6) is 0 Å². The summed E-state index contributed by atoms with van der Waals surface area (Å²) < 4.78 is 10.2. The molecule has 0 spiro atoms. The van der Waals surface area contributed by atoms with E-state index in [1.807, 2.05) is 0 Å². The lowest BCUT2D eigenvalue weighted by Gasteiger charge is -2.14. The molecule has 0 aliphatic heterocycles. The molecule has 1 rings (SSSR count). The van der Waals surface area contributed by atoms with Gasteiger partial charge in [-0.3, -0.25) is 21.2 Å². The molecule has 0 aliphatic rings. The molecular formula is C10H18N4O2. The van der Waals surface area contributed by atoms with Gasteiger partial charge in [0.1, 0.15) is 0 Å². The highest BCUT2D eigenvalue weighted by Gasteiger charge is 2.10. The number of hydrogen-bond acceptors (Lipinski definition) is 6. The molecule has 0 saturated carbocycles. The lowest BCUT2D eigenvalue weighted by Crippen LogP contribution is -2.29. The predicted octanol–water partition coefficient (Wildman–Crippen LogP) is 0.0341. The Kier molecular flexibility index (Phi) is 6.59. The maximum Gasteiger partial charge on any atom is 0.0770 e. The van der Waals surface area contributed by atoms with E-state index in [9.17, 15) is 0 Å². The molecule has 1 atom stereocenters. The van der Waals surface area contributed by atoms with Gasteiger partial charge in [-0.15, -0.1) is 0 Å². The molecule has 0 amide bonds. The Morgan fingerprint density at radius 3 is 2.88 bits per heavy atom. The van der Waals surface area contributed by atoms with E-state index in [0.29, 0.717) is 19.8 Å². The first-order valence-electron chi connectivity index (χ1n) is 5.17. The molecule has 1 unspecified atom stereocenters. The van der Waals surface area contributed by atoms with Gasteiger partial charge in [-0.1, -0.05) is 0 Å². The van der Waals surface area contributed by atoms with Gasteiger partial charge in [-0.25, -0.2) is 0 Å². The van der Waals surface area contributed by atoms with Crippen LogP contribution in [0.3, 0.4) is 0 Å². The quantitative estimate of drug-likeness (QED) is 0.370. The third kappa shape index (κ3) is 4.63. The van der Waals surface area contributed by atoms with Crippen molar-refractivity contribution < 1.29 is 9.47 Å². The van der Waals surface area contributed by atoms with Gasteiger partial charge in [0.25, 0.3) is 0 Å². The Balaban J connectivity index is 2.27. The van der Waals surface area contributed by atoms with E-state index in [1.165, 1.54) is 0 Å². The lowest BCUT2D eigenvalue weighted by molar-refractivity contribution is 0.0656. The van der Waals surface area contributed by atoms with Crippen molar-refractivity contribution >= 4 is 0 Å². The second-order valence-corrected chi connectivity index (χ2v) is 3.24. The highest BCUT2D eigenvalue weighted by atomic mass is 16.5. The van der Waals surface area contributed by atoms with Gasteiger partial charge in [0, 0.05) is 26.1 Å². The lowest BCUT2D eigenvalue weighted by atomic mass is 10.1. The maximum atomic E-state index is 5.45. The van der Waals surface area contributed by atoms with E-state index in [4.69, 9.17) is 15.3 Å². The molecule has 1 aromatic rings. The monoisotopic (exact) mass is 226 g/mol. The van der Waals surface area contributed by atoms with E-state index >= 15 is 0 Å². The Labute approximate surface area is 95.1 Å². The summed E-state index contributed by atoms with van der Waals surface area (Å²) in [7, 11) is 1.65. The molecule has 1 heterocycles. The SMILES string of the molecule is COCCOCCC(NN)c1cnccn1. The van der Waals surface area contributed by atoms with Crippen molar-refractivity contribution in [2.45, 2.75) is 12.5 Å². The largest absolute Gasteiger partial charge is 0.382 e. The van der Waals surface area contributed by atoms with Crippen LogP contribution in [0.15, 0.2) is 18.6 Å². The van der Waals surface area contributed by atoms with Gasteiger partial charge < -0.3 is 9.47 Å². The number of nitrogens with one attached hydrogen (secondary N) is 1. The molecular weight excluding hydrogens is 208 g/mol. The summed E-state index contributed by atoms with van der Waals surface area (Å²) in [5, 5.41) is 0. The summed E-state index contributed by atoms with van der Waals surface area (Å²) in [6.07, 6.45) is 5.72. The average molecular weight is 226 g/mol. The smallest absolute Gasteiger partial charge is 0.0770 e. The summed E-state index contributed by atoms with van der Waals surface area (Å²) >= 11 is 0. The first-order chi connectivity index (χ1) is 7.88. The van der Waals surface area contributed by atoms with Crippen molar-refractivity contribution in [3.05, 3.63) is 24.3 Å². The number of rotatable bonds is 8. The van der Waals surface area contributed by atoms with Crippen LogP contribution in [0, 0.1) is 0 Å². The normalized spacial score (nSPS) is 12.6. The Bertz CT molecular complexity index is 271. The minimum absolute atomic E-state index is 0.0313. The second kappa shape index (κ2) is 8.12. The molecule has 0 aromatic carbocycles. The Morgan fingerprint density at radius 1 is 1.38 bits per heavy atom. The molecule has 1 aromatic heterocycles. The number of aromatic nitrogens is 2. The van der Waals surface area contributed by atoms with E-state index in [-0.39, 0.29) is 6.04 Å². The minimum Gasteiger partial charge on any atom is -0.382 e. The topological polar surface area (TPSA) is 82.3 Å². The molecule has 0 fully saturated rings. The first kappa shape index (κ1) is 13.0. The Hall–Kier alpha value is -1.08. The van der Waals surface area contributed by atoms with Crippen molar-refractivity contribution in [1.82, 2.24) is 15.4 Å². The zero-order valence-corrected chi connectivity index (χ0v) is 9.43. The van der Waals surface area contributed by atoms with Crippen molar-refractivity contribution in [3.63, 3.8) is 0 Å². The third-order valence-electron chi connectivity index (χ3n) is 2.12. The van der Waals surface area contributed by atoms with Crippen LogP contribution in [0.2, 0.25) is 0 Å². The minimum atomic E-state index is -0.0313. The van der Waals surface area contributed by atoms with Crippen LogP contribution in [0.1, 0.15) is 18.2 Å². The van der Waals surface area contributed by atoms with E-state index in [0.717, 1.165) is 12.1 Å². The molecule has 3 N–H and O–H groups in total. The van der Waals surface area contributed by atoms with Gasteiger partial charge in [0.05, 0.1) is 31.1 Å². The predicted molar refractivity (Wildman–Crippen MR) is 59.4 cm³/mol. The summed E-state index contributed by atoms with van der Waals surface area (Å²) in [6.45, 7) is 1.80. The van der Waals surface area contributed by atoms with Gasteiger partial charge in [-0.05, 0) is 6.42 Å². The van der Waals surface area contributed by atoms with Crippen LogP contribution in [-0.2, 0) is 9.47 Å². The fourth-order valence-electron chi connectivity index (χ4n) is 1.25. The molecule has 16 heavy (non-hydrogen) atoms. The molecule has 6 nitrogen and oxygen atoms in total. The highest BCUT2D eigenvalue weighted by molar-refractivity contribution is 5.01. The van der Waals surface area contributed by atoms with E-state index in [1.54, 1.807) is 25.7 Å². The van der Waals surface area contributed by atoms with E-state index in [2.05, 4.69) is 15.4 Å². The number of nitrogens with zero attached hydrogens (tertiary/aromatic N) is 2. The standard InChI is InChI=1S/C10H18N4O2/c1-15-6-7-16-5-2-9(14-11)10-8-12-3-4-13-10/h3-4,8-9,14H,2,5-7,11H2,1H3. The zero-order chi connectivity index (χ0) is 11.6. The average Bonchev–Trinajstić information content (AvgIpc) is 2.35. The van der Waals surface area contributed by atoms with Crippen molar-refractivity contribution in [1.29, 1.82) is 0 Å². The van der Waals surface area contributed by atoms with Gasteiger partial charge in [0.15, 0.2) is 0 Å². The van der Waals surface area contributed by atoms with Crippen molar-refractivity contribution in [2.75, 3.05) is 26.9 Å². The first-order valence-corrected chi connectivity index (χ1v) is 5.17. The Morgan fingerprint density at radius 2 is 2.25 bits per heavy atom. The van der Waals surface area contributed by atoms with Crippen LogP contribution >= 0.6 is 0 Å². The fraction of sp³-hybridized carbons (Fsp3) is 0.600. The van der Waals surface area contributed by atoms with Crippen molar-refractivity contribution in [2.24, 2.45) is 5.84 Å². The molecule has 0 saturated heterocycles. The molecule has 90 valence electrons. The molecule has 6 heteroatoms. The van der Waals surface area contributed by atoms with Crippen LogP contribution < -0.4 is 11.3 Å². The summed E-state index contributed by atoms with van der Waals surface area (Å²) in [6, 6.07) is -0.0313. The summed E-state index contributed by atoms with van der Waals surface area (Å²) in [5.41, 5.74) is 3.52. The number of hydrogen-bond donors (Lipinski definition) is 2.